The Kier molecular flexibility index (Phi) is 9.51. The predicted molar refractivity (Wildman–Crippen MR) is 152 cm³/mol. The van der Waals surface area contributed by atoms with Crippen LogP contribution in [0.3, 0.4) is 0 Å². The second-order valence-corrected chi connectivity index (χ2v) is 9.79. The van der Waals surface area contributed by atoms with E-state index in [-0.39, 0.29) is 0 Å². The van der Waals surface area contributed by atoms with Crippen molar-refractivity contribution in [3.63, 3.8) is 0 Å². The van der Waals surface area contributed by atoms with Crippen molar-refractivity contribution in [2.75, 3.05) is 25.1 Å². The molecule has 3 nitrogen and oxygen atoms in total. The van der Waals surface area contributed by atoms with Crippen LogP contribution in [0.25, 0.3) is 22.6 Å². The first-order valence-electron chi connectivity index (χ1n) is 13.7. The first-order chi connectivity index (χ1) is 17.3. The molecule has 1 aliphatic rings. The molecule has 0 spiro atoms. The van der Waals surface area contributed by atoms with Crippen LogP contribution in [0.2, 0.25) is 0 Å². The summed E-state index contributed by atoms with van der Waals surface area (Å²) in [6, 6.07) is 15.0. The number of allylic oxidation sites excluding steroid dienone is 2. The minimum atomic E-state index is 0.886. The molecule has 0 saturated heterocycles. The molecule has 0 saturated carbocycles. The Morgan fingerprint density at radius 3 is 2.40 bits per heavy atom. The number of hydrogen-bond acceptors (Lipinski definition) is 2. The Labute approximate surface area is 211 Å². The van der Waals surface area contributed by atoms with Gasteiger partial charge in [-0.2, -0.15) is 0 Å². The van der Waals surface area contributed by atoms with E-state index in [0.717, 1.165) is 24.4 Å². The number of ether oxygens (including phenoxy) is 1. The number of hydrogen-bond donors (Lipinski definition) is 1. The van der Waals surface area contributed by atoms with Gasteiger partial charge in [0, 0.05) is 41.4 Å². The normalized spacial score (nSPS) is 13.4. The van der Waals surface area contributed by atoms with Crippen LogP contribution in [0.5, 0.6) is 5.75 Å². The summed E-state index contributed by atoms with van der Waals surface area (Å²) in [5.41, 5.74) is 6.32. The largest absolute Gasteiger partial charge is 0.497 e. The van der Waals surface area contributed by atoms with Crippen LogP contribution in [0.15, 0.2) is 60.8 Å². The minimum Gasteiger partial charge on any atom is -0.497 e. The van der Waals surface area contributed by atoms with Crippen LogP contribution in [0, 0.1) is 0 Å². The Bertz CT molecular complexity index is 1120. The lowest BCUT2D eigenvalue weighted by molar-refractivity contribution is 0.415. The van der Waals surface area contributed by atoms with Gasteiger partial charge in [-0.25, -0.2) is 0 Å². The highest BCUT2D eigenvalue weighted by atomic mass is 16.5. The van der Waals surface area contributed by atoms with Gasteiger partial charge in [0.1, 0.15) is 5.75 Å². The highest BCUT2D eigenvalue weighted by Gasteiger charge is 2.16. The second kappa shape index (κ2) is 13.2. The van der Waals surface area contributed by atoms with Gasteiger partial charge in [0.25, 0.3) is 0 Å². The van der Waals surface area contributed by atoms with Crippen molar-refractivity contribution >= 4 is 28.2 Å². The molecule has 0 unspecified atom stereocenters. The second-order valence-electron chi connectivity index (χ2n) is 9.79. The highest BCUT2D eigenvalue weighted by Crippen LogP contribution is 2.33. The lowest BCUT2D eigenvalue weighted by Crippen LogP contribution is -2.28. The molecular formula is C32H42N2O. The minimum absolute atomic E-state index is 0.886. The van der Waals surface area contributed by atoms with Crippen molar-refractivity contribution in [1.82, 2.24) is 4.98 Å². The topological polar surface area (TPSA) is 28.3 Å². The zero-order chi connectivity index (χ0) is 24.3. The Morgan fingerprint density at radius 1 is 0.886 bits per heavy atom. The molecule has 1 N–H and O–H groups in total. The summed E-state index contributed by atoms with van der Waals surface area (Å²) in [6.45, 7) is 4.41. The molecule has 0 bridgehead atoms. The molecule has 0 radical (unpaired) electrons. The van der Waals surface area contributed by atoms with E-state index >= 15 is 0 Å². The van der Waals surface area contributed by atoms with E-state index in [2.05, 4.69) is 77.6 Å². The maximum Gasteiger partial charge on any atom is 0.119 e. The number of benzene rings is 2. The number of para-hydroxylation sites is 1. The molecule has 1 aromatic heterocycles. The van der Waals surface area contributed by atoms with E-state index in [9.17, 15) is 0 Å². The maximum absolute atomic E-state index is 5.42. The van der Waals surface area contributed by atoms with Gasteiger partial charge in [-0.1, -0.05) is 101 Å². The SMILES string of the molecule is CCCCCCCCCCCCN1CC=C(C=Cc2c[nH]c3ccc(OC)cc23)c2ccccc21. The summed E-state index contributed by atoms with van der Waals surface area (Å²) in [7, 11) is 1.72. The summed E-state index contributed by atoms with van der Waals surface area (Å²) in [4.78, 5) is 5.92. The number of H-pyrrole nitrogens is 1. The summed E-state index contributed by atoms with van der Waals surface area (Å²) < 4.78 is 5.42. The van der Waals surface area contributed by atoms with E-state index in [1.54, 1.807) is 7.11 Å². The van der Waals surface area contributed by atoms with E-state index in [0.29, 0.717) is 0 Å². The number of nitrogens with one attached hydrogen (secondary N) is 1. The van der Waals surface area contributed by atoms with Gasteiger partial charge in [-0.05, 0) is 41.8 Å². The van der Waals surface area contributed by atoms with Crippen molar-refractivity contribution in [1.29, 1.82) is 0 Å². The molecule has 2 heterocycles. The van der Waals surface area contributed by atoms with Crippen LogP contribution in [-0.2, 0) is 0 Å². The number of aromatic nitrogens is 1. The van der Waals surface area contributed by atoms with Crippen LogP contribution in [-0.4, -0.2) is 25.2 Å². The standard InChI is InChI=1S/C32H42N2O/c1-3-4-5-6-7-8-9-10-11-14-22-34-23-21-26(29-15-12-13-16-32(29)34)17-18-27-25-33-31-20-19-28(35-2)24-30(27)31/h12-13,15-21,24-25,33H,3-11,14,22-23H2,1-2H3. The third-order valence-electron chi connectivity index (χ3n) is 7.23. The summed E-state index contributed by atoms with van der Waals surface area (Å²) in [6.07, 6.45) is 22.8. The van der Waals surface area contributed by atoms with Gasteiger partial charge < -0.3 is 14.6 Å². The summed E-state index contributed by atoms with van der Waals surface area (Å²) >= 11 is 0. The monoisotopic (exact) mass is 470 g/mol. The predicted octanol–water partition coefficient (Wildman–Crippen LogP) is 9.01. The molecular weight excluding hydrogens is 428 g/mol. The lowest BCUT2D eigenvalue weighted by atomic mass is 9.97. The van der Waals surface area contributed by atoms with Crippen molar-refractivity contribution in [2.24, 2.45) is 0 Å². The molecule has 4 rings (SSSR count). The number of fused-ring (bicyclic) bond motifs is 2. The fraction of sp³-hybridized carbons (Fsp3) is 0.438. The van der Waals surface area contributed by atoms with E-state index in [1.165, 1.54) is 92.0 Å². The first-order valence-corrected chi connectivity index (χ1v) is 13.7. The molecule has 0 aliphatic carbocycles. The van der Waals surface area contributed by atoms with E-state index in [1.807, 2.05) is 6.07 Å². The van der Waals surface area contributed by atoms with E-state index in [4.69, 9.17) is 4.74 Å². The number of anilines is 1. The third-order valence-corrected chi connectivity index (χ3v) is 7.23. The van der Waals surface area contributed by atoms with Gasteiger partial charge >= 0.3 is 0 Å². The van der Waals surface area contributed by atoms with Gasteiger partial charge in [0.2, 0.25) is 0 Å². The molecule has 0 amide bonds. The lowest BCUT2D eigenvalue weighted by Gasteiger charge is -2.30. The number of aromatic amines is 1. The number of methoxy groups -OCH3 is 1. The third kappa shape index (κ3) is 6.81. The molecule has 3 aromatic rings. The highest BCUT2D eigenvalue weighted by molar-refractivity contribution is 5.93. The molecule has 2 aromatic carbocycles. The summed E-state index contributed by atoms with van der Waals surface area (Å²) in [5, 5.41) is 1.19. The molecule has 0 fully saturated rings. The van der Waals surface area contributed by atoms with Gasteiger partial charge in [0.15, 0.2) is 0 Å². The van der Waals surface area contributed by atoms with E-state index < -0.39 is 0 Å². The smallest absolute Gasteiger partial charge is 0.119 e. The van der Waals surface area contributed by atoms with Crippen molar-refractivity contribution in [3.05, 3.63) is 71.9 Å². The van der Waals surface area contributed by atoms with Crippen LogP contribution < -0.4 is 9.64 Å². The van der Waals surface area contributed by atoms with Crippen LogP contribution in [0.1, 0.15) is 82.3 Å². The molecule has 35 heavy (non-hydrogen) atoms. The molecule has 0 atom stereocenters. The number of rotatable bonds is 14. The molecule has 3 heteroatoms. The number of nitrogens with zero attached hydrogens (tertiary/aromatic N) is 1. The average Bonchev–Trinajstić information content (AvgIpc) is 3.31. The van der Waals surface area contributed by atoms with Crippen molar-refractivity contribution < 1.29 is 4.74 Å². The van der Waals surface area contributed by atoms with Crippen molar-refractivity contribution in [3.8, 4) is 5.75 Å². The van der Waals surface area contributed by atoms with Crippen LogP contribution >= 0.6 is 0 Å². The molecule has 186 valence electrons. The van der Waals surface area contributed by atoms with Gasteiger partial charge in [-0.15, -0.1) is 0 Å². The first kappa shape index (κ1) is 25.2. The zero-order valence-electron chi connectivity index (χ0n) is 21.7. The number of unbranched alkanes of at least 4 members (excludes halogenated alkanes) is 9. The fourth-order valence-electron chi connectivity index (χ4n) is 5.14. The summed E-state index contributed by atoms with van der Waals surface area (Å²) in [5.74, 6) is 0.886. The van der Waals surface area contributed by atoms with Gasteiger partial charge in [0.05, 0.1) is 7.11 Å². The average molecular weight is 471 g/mol. The Morgan fingerprint density at radius 2 is 1.63 bits per heavy atom. The quantitative estimate of drug-likeness (QED) is 0.238. The zero-order valence-corrected chi connectivity index (χ0v) is 21.7. The maximum atomic E-state index is 5.42. The van der Waals surface area contributed by atoms with Gasteiger partial charge in [-0.3, -0.25) is 0 Å². The Hall–Kier alpha value is -2.94. The Balaban J connectivity index is 1.31. The fourth-order valence-corrected chi connectivity index (χ4v) is 5.14. The van der Waals surface area contributed by atoms with Crippen LogP contribution in [0.4, 0.5) is 5.69 Å². The molecule has 1 aliphatic heterocycles. The van der Waals surface area contributed by atoms with Crippen molar-refractivity contribution in [2.45, 2.75) is 71.1 Å².